The lowest BCUT2D eigenvalue weighted by Gasteiger charge is -2.24. The van der Waals surface area contributed by atoms with Crippen molar-refractivity contribution in [2.24, 2.45) is 5.41 Å². The molecule has 0 aliphatic heterocycles. The van der Waals surface area contributed by atoms with Gasteiger partial charge in [-0.1, -0.05) is 13.8 Å². The largest absolute Gasteiger partial charge is 0.385 e. The van der Waals surface area contributed by atoms with Gasteiger partial charge in [0, 0.05) is 30.7 Å². The summed E-state index contributed by atoms with van der Waals surface area (Å²) in [6.45, 7) is 5.30. The summed E-state index contributed by atoms with van der Waals surface area (Å²) in [4.78, 5) is 12.1. The smallest absolute Gasteiger partial charge is 0.251 e. The van der Waals surface area contributed by atoms with E-state index >= 15 is 0 Å². The fraction of sp³-hybridized carbons (Fsp3) is 0.500. The van der Waals surface area contributed by atoms with Crippen LogP contribution in [0.2, 0.25) is 0 Å². The SMILES string of the molecule is COCCC(C)(C)CNC(=O)c1ccc(F)c(S)c1. The van der Waals surface area contributed by atoms with Crippen LogP contribution >= 0.6 is 12.6 Å². The number of thiol groups is 1. The fourth-order valence-corrected chi connectivity index (χ4v) is 1.76. The van der Waals surface area contributed by atoms with E-state index in [0.29, 0.717) is 18.7 Å². The van der Waals surface area contributed by atoms with Crippen molar-refractivity contribution in [1.29, 1.82) is 0 Å². The van der Waals surface area contributed by atoms with E-state index in [2.05, 4.69) is 31.8 Å². The Morgan fingerprint density at radius 2 is 2.16 bits per heavy atom. The van der Waals surface area contributed by atoms with Crippen molar-refractivity contribution >= 4 is 18.5 Å². The van der Waals surface area contributed by atoms with Crippen molar-refractivity contribution < 1.29 is 13.9 Å². The molecule has 106 valence electrons. The summed E-state index contributed by atoms with van der Waals surface area (Å²) >= 11 is 3.96. The molecule has 0 fully saturated rings. The molecule has 0 heterocycles. The third-order valence-corrected chi connectivity index (χ3v) is 3.26. The summed E-state index contributed by atoms with van der Waals surface area (Å²) in [7, 11) is 1.65. The van der Waals surface area contributed by atoms with E-state index in [1.807, 2.05) is 0 Å². The monoisotopic (exact) mass is 285 g/mol. The summed E-state index contributed by atoms with van der Waals surface area (Å²) in [5, 5.41) is 2.84. The van der Waals surface area contributed by atoms with Crippen molar-refractivity contribution in [3.63, 3.8) is 0 Å². The molecular weight excluding hydrogens is 265 g/mol. The first-order valence-corrected chi connectivity index (χ1v) is 6.56. The van der Waals surface area contributed by atoms with Gasteiger partial charge in [0.25, 0.3) is 5.91 Å². The molecule has 1 aromatic rings. The lowest BCUT2D eigenvalue weighted by atomic mass is 9.89. The number of methoxy groups -OCH3 is 1. The number of carbonyl (C=O) groups is 1. The average molecular weight is 285 g/mol. The topological polar surface area (TPSA) is 38.3 Å². The van der Waals surface area contributed by atoms with Gasteiger partial charge in [-0.25, -0.2) is 4.39 Å². The van der Waals surface area contributed by atoms with Crippen LogP contribution in [0.5, 0.6) is 0 Å². The Morgan fingerprint density at radius 3 is 2.74 bits per heavy atom. The third-order valence-electron chi connectivity index (χ3n) is 2.92. The molecule has 1 N–H and O–H groups in total. The van der Waals surface area contributed by atoms with Crippen molar-refractivity contribution in [3.05, 3.63) is 29.6 Å². The number of halogens is 1. The molecule has 0 bridgehead atoms. The van der Waals surface area contributed by atoms with Gasteiger partial charge in [0.05, 0.1) is 0 Å². The second-order valence-corrected chi connectivity index (χ2v) is 5.74. The predicted octanol–water partition coefficient (Wildman–Crippen LogP) is 2.91. The van der Waals surface area contributed by atoms with Crippen molar-refractivity contribution in [1.82, 2.24) is 5.32 Å². The second kappa shape index (κ2) is 6.91. The maximum atomic E-state index is 13.1. The zero-order valence-corrected chi connectivity index (χ0v) is 12.4. The summed E-state index contributed by atoms with van der Waals surface area (Å²) in [5.74, 6) is -0.652. The highest BCUT2D eigenvalue weighted by atomic mass is 32.1. The molecular formula is C14H20FNO2S. The standard InChI is InChI=1S/C14H20FNO2S/c1-14(2,6-7-18-3)9-16-13(17)10-4-5-11(15)12(19)8-10/h4-5,8,19H,6-7,9H2,1-3H3,(H,16,17). The van der Waals surface area contributed by atoms with Gasteiger partial charge in [-0.05, 0) is 30.0 Å². The highest BCUT2D eigenvalue weighted by Crippen LogP contribution is 2.19. The van der Waals surface area contributed by atoms with Crippen LogP contribution in [0.4, 0.5) is 4.39 Å². The first-order chi connectivity index (χ1) is 8.85. The van der Waals surface area contributed by atoms with Crippen LogP contribution in [0.1, 0.15) is 30.6 Å². The van der Waals surface area contributed by atoms with E-state index in [1.165, 1.54) is 18.2 Å². The Hall–Kier alpha value is -1.07. The van der Waals surface area contributed by atoms with E-state index in [1.54, 1.807) is 7.11 Å². The molecule has 19 heavy (non-hydrogen) atoms. The average Bonchev–Trinajstić information content (AvgIpc) is 2.37. The van der Waals surface area contributed by atoms with E-state index in [0.717, 1.165) is 6.42 Å². The minimum atomic E-state index is -0.430. The Labute approximate surface area is 118 Å². The molecule has 1 amide bonds. The number of benzene rings is 1. The van der Waals surface area contributed by atoms with Gasteiger partial charge in [0.2, 0.25) is 0 Å². The zero-order chi connectivity index (χ0) is 14.5. The summed E-state index contributed by atoms with van der Waals surface area (Å²) in [6, 6.07) is 4.12. The molecule has 0 saturated carbocycles. The van der Waals surface area contributed by atoms with Gasteiger partial charge in [0.1, 0.15) is 5.82 Å². The van der Waals surface area contributed by atoms with Crippen molar-refractivity contribution in [2.75, 3.05) is 20.3 Å². The van der Waals surface area contributed by atoms with Gasteiger partial charge in [-0.15, -0.1) is 12.6 Å². The summed E-state index contributed by atoms with van der Waals surface area (Å²) in [5.41, 5.74) is 0.365. The normalized spacial score (nSPS) is 11.4. The Morgan fingerprint density at radius 1 is 1.47 bits per heavy atom. The second-order valence-electron chi connectivity index (χ2n) is 5.26. The number of rotatable bonds is 6. The fourth-order valence-electron chi connectivity index (χ4n) is 1.54. The molecule has 0 atom stereocenters. The predicted molar refractivity (Wildman–Crippen MR) is 76.3 cm³/mol. The Kier molecular flexibility index (Phi) is 5.82. The highest BCUT2D eigenvalue weighted by molar-refractivity contribution is 7.80. The molecule has 0 radical (unpaired) electrons. The van der Waals surface area contributed by atoms with Crippen LogP contribution in [0.15, 0.2) is 23.1 Å². The number of carbonyl (C=O) groups excluding carboxylic acids is 1. The summed E-state index contributed by atoms with van der Waals surface area (Å²) < 4.78 is 18.1. The molecule has 0 unspecified atom stereocenters. The third kappa shape index (κ3) is 5.20. The number of nitrogens with one attached hydrogen (secondary N) is 1. The van der Waals surface area contributed by atoms with E-state index < -0.39 is 5.82 Å². The van der Waals surface area contributed by atoms with Crippen LogP contribution in [0, 0.1) is 11.2 Å². The van der Waals surface area contributed by atoms with Crippen LogP contribution < -0.4 is 5.32 Å². The molecule has 5 heteroatoms. The number of hydrogen-bond donors (Lipinski definition) is 2. The van der Waals surface area contributed by atoms with Crippen LogP contribution in [0.25, 0.3) is 0 Å². The van der Waals surface area contributed by atoms with E-state index in [4.69, 9.17) is 4.74 Å². The van der Waals surface area contributed by atoms with Gasteiger partial charge >= 0.3 is 0 Å². The highest BCUT2D eigenvalue weighted by Gasteiger charge is 2.19. The first kappa shape index (κ1) is 16.0. The molecule has 1 rings (SSSR count). The van der Waals surface area contributed by atoms with Crippen LogP contribution in [-0.4, -0.2) is 26.2 Å². The van der Waals surface area contributed by atoms with Gasteiger partial charge in [-0.3, -0.25) is 4.79 Å². The number of amides is 1. The summed E-state index contributed by atoms with van der Waals surface area (Å²) in [6.07, 6.45) is 0.852. The van der Waals surface area contributed by atoms with Gasteiger partial charge < -0.3 is 10.1 Å². The quantitative estimate of drug-likeness (QED) is 0.789. The van der Waals surface area contributed by atoms with Crippen LogP contribution in [-0.2, 0) is 4.74 Å². The molecule has 3 nitrogen and oxygen atoms in total. The lowest BCUT2D eigenvalue weighted by Crippen LogP contribution is -2.34. The minimum absolute atomic E-state index is 0.0461. The molecule has 0 aliphatic rings. The molecule has 1 aromatic carbocycles. The number of ether oxygens (including phenoxy) is 1. The van der Waals surface area contributed by atoms with Gasteiger partial charge in [-0.2, -0.15) is 0 Å². The maximum absolute atomic E-state index is 13.1. The molecule has 0 aromatic heterocycles. The van der Waals surface area contributed by atoms with E-state index in [-0.39, 0.29) is 16.2 Å². The van der Waals surface area contributed by atoms with Crippen molar-refractivity contribution in [2.45, 2.75) is 25.2 Å². The minimum Gasteiger partial charge on any atom is -0.385 e. The lowest BCUT2D eigenvalue weighted by molar-refractivity contribution is 0.0920. The van der Waals surface area contributed by atoms with Crippen molar-refractivity contribution in [3.8, 4) is 0 Å². The number of hydrogen-bond acceptors (Lipinski definition) is 3. The molecule has 0 saturated heterocycles. The van der Waals surface area contributed by atoms with E-state index in [9.17, 15) is 9.18 Å². The first-order valence-electron chi connectivity index (χ1n) is 6.11. The Balaban J connectivity index is 2.57. The molecule has 0 spiro atoms. The van der Waals surface area contributed by atoms with Crippen LogP contribution in [0.3, 0.4) is 0 Å². The Bertz CT molecular complexity index is 449. The maximum Gasteiger partial charge on any atom is 0.251 e. The van der Waals surface area contributed by atoms with Gasteiger partial charge in [0.15, 0.2) is 0 Å². The molecule has 0 aliphatic carbocycles. The zero-order valence-electron chi connectivity index (χ0n) is 11.5.